The Labute approximate surface area is 416 Å². The SMILES string of the molecule is CC/C=C\C/C=C\C/C=C\C/C=C\C/C=C\CCCCCCCCCCCCCCCCCCCCCCCCCCCC(=O)OC(CO)COC(=O)CCCCCCC/C=C\CCCCC. The Morgan fingerprint density at radius 2 is 0.642 bits per heavy atom. The lowest BCUT2D eigenvalue weighted by atomic mass is 10.0. The van der Waals surface area contributed by atoms with Gasteiger partial charge in [0.25, 0.3) is 0 Å². The summed E-state index contributed by atoms with van der Waals surface area (Å²) in [5, 5.41) is 9.61. The van der Waals surface area contributed by atoms with E-state index in [2.05, 4.69) is 86.8 Å². The Morgan fingerprint density at radius 1 is 0.358 bits per heavy atom. The van der Waals surface area contributed by atoms with Crippen LogP contribution in [0.3, 0.4) is 0 Å². The van der Waals surface area contributed by atoms with Crippen molar-refractivity contribution in [2.45, 2.75) is 296 Å². The quantitative estimate of drug-likeness (QED) is 0.0374. The molecule has 0 aliphatic carbocycles. The lowest BCUT2D eigenvalue weighted by Gasteiger charge is -2.15. The van der Waals surface area contributed by atoms with Crippen molar-refractivity contribution in [2.24, 2.45) is 0 Å². The van der Waals surface area contributed by atoms with Gasteiger partial charge in [-0.25, -0.2) is 0 Å². The van der Waals surface area contributed by atoms with Crippen LogP contribution >= 0.6 is 0 Å². The molecule has 0 aromatic carbocycles. The highest BCUT2D eigenvalue weighted by Crippen LogP contribution is 2.17. The molecule has 1 N–H and O–H groups in total. The molecule has 0 spiro atoms. The Kier molecular flexibility index (Phi) is 55.4. The number of carbonyl (C=O) groups excluding carboxylic acids is 2. The first-order valence-electron chi connectivity index (χ1n) is 29.0. The van der Waals surface area contributed by atoms with Crippen molar-refractivity contribution < 1.29 is 24.2 Å². The number of aliphatic hydroxyl groups excluding tert-OH is 1. The normalized spacial score (nSPS) is 12.7. The molecular formula is C62H110O5. The molecule has 0 radical (unpaired) electrons. The third-order valence-electron chi connectivity index (χ3n) is 12.7. The van der Waals surface area contributed by atoms with E-state index >= 15 is 0 Å². The van der Waals surface area contributed by atoms with Crippen LogP contribution in [0.2, 0.25) is 0 Å². The predicted molar refractivity (Wildman–Crippen MR) is 293 cm³/mol. The minimum absolute atomic E-state index is 0.0676. The molecule has 0 aromatic rings. The first kappa shape index (κ1) is 64.3. The van der Waals surface area contributed by atoms with Crippen molar-refractivity contribution in [1.29, 1.82) is 0 Å². The van der Waals surface area contributed by atoms with E-state index < -0.39 is 6.10 Å². The van der Waals surface area contributed by atoms with Crippen LogP contribution < -0.4 is 0 Å². The van der Waals surface area contributed by atoms with Gasteiger partial charge >= 0.3 is 11.9 Å². The Balaban J connectivity index is 3.38. The maximum Gasteiger partial charge on any atom is 0.306 e. The molecule has 0 aromatic heterocycles. The molecule has 5 heteroatoms. The zero-order chi connectivity index (χ0) is 48.5. The number of carbonyl (C=O) groups is 2. The predicted octanol–water partition coefficient (Wildman–Crippen LogP) is 19.6. The molecule has 1 unspecified atom stereocenters. The summed E-state index contributed by atoms with van der Waals surface area (Å²) < 4.78 is 10.7. The van der Waals surface area contributed by atoms with Crippen molar-refractivity contribution in [1.82, 2.24) is 0 Å². The summed E-state index contributed by atoms with van der Waals surface area (Å²) >= 11 is 0. The van der Waals surface area contributed by atoms with Gasteiger partial charge in [0.1, 0.15) is 6.61 Å². The maximum atomic E-state index is 12.3. The molecule has 0 saturated heterocycles. The van der Waals surface area contributed by atoms with Gasteiger partial charge in [0, 0.05) is 12.8 Å². The van der Waals surface area contributed by atoms with Gasteiger partial charge < -0.3 is 14.6 Å². The first-order chi connectivity index (χ1) is 33.1. The van der Waals surface area contributed by atoms with Crippen molar-refractivity contribution in [2.75, 3.05) is 13.2 Å². The zero-order valence-electron chi connectivity index (χ0n) is 44.4. The smallest absolute Gasteiger partial charge is 0.306 e. The highest BCUT2D eigenvalue weighted by Gasteiger charge is 2.16. The summed E-state index contributed by atoms with van der Waals surface area (Å²) in [6.07, 6.45) is 79.1. The average molecular weight is 936 g/mol. The monoisotopic (exact) mass is 935 g/mol. The average Bonchev–Trinajstić information content (AvgIpc) is 3.33. The zero-order valence-corrected chi connectivity index (χ0v) is 44.4. The largest absolute Gasteiger partial charge is 0.462 e. The van der Waals surface area contributed by atoms with Crippen LogP contribution in [-0.4, -0.2) is 36.4 Å². The third kappa shape index (κ3) is 55.8. The van der Waals surface area contributed by atoms with E-state index in [1.54, 1.807) is 0 Å². The van der Waals surface area contributed by atoms with Gasteiger partial charge in [0.05, 0.1) is 6.61 Å². The van der Waals surface area contributed by atoms with Gasteiger partial charge in [0.2, 0.25) is 0 Å². The highest BCUT2D eigenvalue weighted by molar-refractivity contribution is 5.70. The van der Waals surface area contributed by atoms with Crippen LogP contribution in [0.4, 0.5) is 0 Å². The van der Waals surface area contributed by atoms with Crippen molar-refractivity contribution >= 4 is 11.9 Å². The molecule has 0 bridgehead atoms. The second kappa shape index (κ2) is 57.7. The van der Waals surface area contributed by atoms with Gasteiger partial charge in [-0.05, 0) is 83.5 Å². The fourth-order valence-corrected chi connectivity index (χ4v) is 8.40. The fraction of sp³-hybridized carbons (Fsp3) is 0.774. The van der Waals surface area contributed by atoms with Crippen molar-refractivity contribution in [3.63, 3.8) is 0 Å². The Bertz CT molecular complexity index is 1190. The van der Waals surface area contributed by atoms with Crippen LogP contribution in [0, 0.1) is 0 Å². The van der Waals surface area contributed by atoms with E-state index in [1.165, 1.54) is 186 Å². The minimum atomic E-state index is -0.773. The molecule has 67 heavy (non-hydrogen) atoms. The molecule has 0 saturated carbocycles. The number of esters is 2. The molecular weight excluding hydrogens is 825 g/mol. The van der Waals surface area contributed by atoms with Gasteiger partial charge in [-0.1, -0.05) is 267 Å². The van der Waals surface area contributed by atoms with Crippen LogP contribution in [0.5, 0.6) is 0 Å². The standard InChI is InChI=1S/C62H110O5/c1-3-5-7-9-11-13-15-17-18-19-20-21-22-23-24-25-26-27-28-29-30-31-32-33-34-35-36-37-38-39-40-41-42-43-44-45-47-49-51-53-55-57-62(65)67-60(58-63)59-66-61(64)56-54-52-50-48-46-16-14-12-10-8-6-4-2/h5,7,11-14,17-18,20-21,23-24,60,63H,3-4,6,8-10,15-16,19,22,25-59H2,1-2H3/b7-5-,13-11-,14-12-,18-17-,21-20-,24-23-. The van der Waals surface area contributed by atoms with E-state index in [-0.39, 0.29) is 25.2 Å². The molecule has 5 nitrogen and oxygen atoms in total. The summed E-state index contributed by atoms with van der Waals surface area (Å²) in [5.41, 5.74) is 0. The van der Waals surface area contributed by atoms with Crippen LogP contribution in [0.1, 0.15) is 290 Å². The number of hydrogen-bond acceptors (Lipinski definition) is 5. The molecule has 0 fully saturated rings. The molecule has 0 aliphatic heterocycles. The number of hydrogen-bond donors (Lipinski definition) is 1. The number of rotatable bonds is 53. The Morgan fingerprint density at radius 3 is 0.985 bits per heavy atom. The summed E-state index contributed by atoms with van der Waals surface area (Å²) in [6.45, 7) is 4.01. The summed E-state index contributed by atoms with van der Waals surface area (Å²) in [4.78, 5) is 24.4. The van der Waals surface area contributed by atoms with E-state index in [1.807, 2.05) is 0 Å². The van der Waals surface area contributed by atoms with E-state index in [0.29, 0.717) is 12.8 Å². The molecule has 388 valence electrons. The number of aliphatic hydroxyl groups is 1. The van der Waals surface area contributed by atoms with Crippen LogP contribution in [0.25, 0.3) is 0 Å². The summed E-state index contributed by atoms with van der Waals surface area (Å²) in [5.74, 6) is -0.591. The topological polar surface area (TPSA) is 72.8 Å². The number of allylic oxidation sites excluding steroid dienone is 12. The molecule has 1 atom stereocenters. The van der Waals surface area contributed by atoms with Gasteiger partial charge in [-0.2, -0.15) is 0 Å². The lowest BCUT2D eigenvalue weighted by Crippen LogP contribution is -2.28. The summed E-state index contributed by atoms with van der Waals surface area (Å²) in [6, 6.07) is 0. The maximum absolute atomic E-state index is 12.3. The van der Waals surface area contributed by atoms with Gasteiger partial charge in [-0.3, -0.25) is 9.59 Å². The van der Waals surface area contributed by atoms with Crippen molar-refractivity contribution in [3.05, 3.63) is 72.9 Å². The first-order valence-corrected chi connectivity index (χ1v) is 29.0. The number of ether oxygens (including phenoxy) is 2. The third-order valence-corrected chi connectivity index (χ3v) is 12.7. The van der Waals surface area contributed by atoms with Gasteiger partial charge in [0.15, 0.2) is 6.10 Å². The van der Waals surface area contributed by atoms with E-state index in [4.69, 9.17) is 9.47 Å². The molecule has 0 amide bonds. The molecule has 0 aliphatic rings. The van der Waals surface area contributed by atoms with Crippen molar-refractivity contribution in [3.8, 4) is 0 Å². The minimum Gasteiger partial charge on any atom is -0.462 e. The van der Waals surface area contributed by atoms with Crippen LogP contribution in [0.15, 0.2) is 72.9 Å². The fourth-order valence-electron chi connectivity index (χ4n) is 8.40. The van der Waals surface area contributed by atoms with Crippen LogP contribution in [-0.2, 0) is 19.1 Å². The second-order valence-electron chi connectivity index (χ2n) is 19.3. The second-order valence-corrected chi connectivity index (χ2v) is 19.3. The highest BCUT2D eigenvalue weighted by atomic mass is 16.6. The van der Waals surface area contributed by atoms with Gasteiger partial charge in [-0.15, -0.1) is 0 Å². The molecule has 0 heterocycles. The molecule has 0 rings (SSSR count). The van der Waals surface area contributed by atoms with E-state index in [9.17, 15) is 14.7 Å². The number of unbranched alkanes of at least 4 members (excludes halogenated alkanes) is 33. The Hall–Kier alpha value is -2.66. The summed E-state index contributed by atoms with van der Waals surface area (Å²) in [7, 11) is 0. The lowest BCUT2D eigenvalue weighted by molar-refractivity contribution is -0.161. The van der Waals surface area contributed by atoms with E-state index in [0.717, 1.165) is 77.0 Å².